The highest BCUT2D eigenvalue weighted by atomic mass is 16.1. The highest BCUT2D eigenvalue weighted by Crippen LogP contribution is 2.25. The van der Waals surface area contributed by atoms with Crippen LogP contribution in [0.25, 0.3) is 0 Å². The highest BCUT2D eigenvalue weighted by Gasteiger charge is 2.20. The molecular weight excluding hydrogens is 160 g/mol. The zero-order chi connectivity index (χ0) is 9.68. The number of hydrogen-bond acceptors (Lipinski definition) is 1. The first-order valence-electron chi connectivity index (χ1n) is 4.97. The second-order valence-electron chi connectivity index (χ2n) is 3.49. The van der Waals surface area contributed by atoms with Gasteiger partial charge in [0.2, 0.25) is 0 Å². The summed E-state index contributed by atoms with van der Waals surface area (Å²) in [5, 5.41) is 0. The lowest BCUT2D eigenvalue weighted by molar-refractivity contribution is -0.117. The topological polar surface area (TPSA) is 17.1 Å². The van der Waals surface area contributed by atoms with E-state index in [9.17, 15) is 4.79 Å². The monoisotopic (exact) mass is 176 g/mol. The third-order valence-corrected chi connectivity index (χ3v) is 2.40. The van der Waals surface area contributed by atoms with Crippen LogP contribution in [-0.4, -0.2) is 5.78 Å². The first-order valence-corrected chi connectivity index (χ1v) is 4.97. The van der Waals surface area contributed by atoms with Crippen LogP contribution in [0.2, 0.25) is 0 Å². The largest absolute Gasteiger partial charge is 0.295 e. The van der Waals surface area contributed by atoms with Gasteiger partial charge in [-0.25, -0.2) is 0 Å². The number of ketones is 1. The molecular formula is C12H16O. The van der Waals surface area contributed by atoms with Gasteiger partial charge in [0.25, 0.3) is 0 Å². The quantitative estimate of drug-likeness (QED) is 0.409. The molecule has 1 unspecified atom stereocenters. The molecule has 0 radical (unpaired) electrons. The van der Waals surface area contributed by atoms with E-state index in [1.54, 1.807) is 0 Å². The van der Waals surface area contributed by atoms with Gasteiger partial charge in [-0.1, -0.05) is 25.7 Å². The number of carbonyl (C=O) groups excluding carboxylic acids is 1. The Hall–Kier alpha value is -1.03. The SMILES string of the molecule is CCC#C/C=C1/C(=O)CCCC1C. The van der Waals surface area contributed by atoms with Crippen LogP contribution in [0.5, 0.6) is 0 Å². The van der Waals surface area contributed by atoms with Crippen LogP contribution < -0.4 is 0 Å². The van der Waals surface area contributed by atoms with Crippen LogP contribution in [0.15, 0.2) is 11.6 Å². The van der Waals surface area contributed by atoms with Gasteiger partial charge in [0.1, 0.15) is 0 Å². The molecule has 70 valence electrons. The van der Waals surface area contributed by atoms with E-state index in [0.717, 1.165) is 24.8 Å². The van der Waals surface area contributed by atoms with Crippen LogP contribution >= 0.6 is 0 Å². The van der Waals surface area contributed by atoms with Crippen LogP contribution in [0.4, 0.5) is 0 Å². The fourth-order valence-corrected chi connectivity index (χ4v) is 1.60. The molecule has 0 heterocycles. The Morgan fingerprint density at radius 3 is 3.00 bits per heavy atom. The summed E-state index contributed by atoms with van der Waals surface area (Å²) in [4.78, 5) is 11.5. The van der Waals surface area contributed by atoms with Crippen LogP contribution in [0.1, 0.15) is 39.5 Å². The fourth-order valence-electron chi connectivity index (χ4n) is 1.60. The molecule has 0 aromatic carbocycles. The molecule has 1 saturated carbocycles. The molecule has 0 N–H and O–H groups in total. The summed E-state index contributed by atoms with van der Waals surface area (Å²) in [6, 6.07) is 0. The lowest BCUT2D eigenvalue weighted by Gasteiger charge is -2.19. The van der Waals surface area contributed by atoms with E-state index < -0.39 is 0 Å². The number of carbonyl (C=O) groups is 1. The van der Waals surface area contributed by atoms with Crippen molar-refractivity contribution >= 4 is 5.78 Å². The third-order valence-electron chi connectivity index (χ3n) is 2.40. The summed E-state index contributed by atoms with van der Waals surface area (Å²) in [5.41, 5.74) is 0.937. The highest BCUT2D eigenvalue weighted by molar-refractivity contribution is 5.96. The van der Waals surface area contributed by atoms with Crippen molar-refractivity contribution in [1.29, 1.82) is 0 Å². The molecule has 1 heteroatoms. The molecule has 1 aliphatic rings. The molecule has 0 aromatic rings. The lowest BCUT2D eigenvalue weighted by Crippen LogP contribution is -2.16. The Kier molecular flexibility index (Phi) is 3.76. The second kappa shape index (κ2) is 4.87. The van der Waals surface area contributed by atoms with Crippen molar-refractivity contribution in [2.24, 2.45) is 5.92 Å². The van der Waals surface area contributed by atoms with Crippen molar-refractivity contribution in [1.82, 2.24) is 0 Å². The molecule has 0 bridgehead atoms. The summed E-state index contributed by atoms with van der Waals surface area (Å²) in [5.74, 6) is 6.60. The minimum atomic E-state index is 0.296. The summed E-state index contributed by atoms with van der Waals surface area (Å²) in [6.45, 7) is 4.12. The van der Waals surface area contributed by atoms with E-state index in [2.05, 4.69) is 18.8 Å². The van der Waals surface area contributed by atoms with Crippen LogP contribution in [0.3, 0.4) is 0 Å². The number of hydrogen-bond donors (Lipinski definition) is 0. The van der Waals surface area contributed by atoms with Gasteiger partial charge in [0.15, 0.2) is 5.78 Å². The van der Waals surface area contributed by atoms with Crippen molar-refractivity contribution in [3.05, 3.63) is 11.6 Å². The van der Waals surface area contributed by atoms with Crippen LogP contribution in [-0.2, 0) is 4.79 Å². The Bertz CT molecular complexity index is 275. The molecule has 1 fully saturated rings. The standard InChI is InChI=1S/C12H16O/c1-3-4-5-8-11-10(2)7-6-9-12(11)13/h8,10H,3,6-7,9H2,1-2H3/b11-8+. The van der Waals surface area contributed by atoms with E-state index in [0.29, 0.717) is 18.1 Å². The molecule has 1 atom stereocenters. The zero-order valence-corrected chi connectivity index (χ0v) is 8.39. The van der Waals surface area contributed by atoms with E-state index >= 15 is 0 Å². The Morgan fingerprint density at radius 1 is 1.62 bits per heavy atom. The number of rotatable bonds is 0. The summed E-state index contributed by atoms with van der Waals surface area (Å²) < 4.78 is 0. The Labute approximate surface area is 80.2 Å². The maximum atomic E-state index is 11.5. The first kappa shape index (κ1) is 10.1. The van der Waals surface area contributed by atoms with Gasteiger partial charge in [0, 0.05) is 18.4 Å². The number of Topliss-reactive ketones (excluding diaryl/α,β-unsaturated/α-hetero) is 1. The molecule has 0 aromatic heterocycles. The third kappa shape index (κ3) is 2.73. The maximum Gasteiger partial charge on any atom is 0.159 e. The minimum absolute atomic E-state index is 0.296. The normalized spacial score (nSPS) is 25.5. The second-order valence-corrected chi connectivity index (χ2v) is 3.49. The van der Waals surface area contributed by atoms with Gasteiger partial charge >= 0.3 is 0 Å². The van der Waals surface area contributed by atoms with E-state index in [4.69, 9.17) is 0 Å². The number of allylic oxidation sites excluding steroid dienone is 2. The van der Waals surface area contributed by atoms with Gasteiger partial charge in [-0.05, 0) is 24.8 Å². The van der Waals surface area contributed by atoms with Crippen molar-refractivity contribution < 1.29 is 4.79 Å². The Balaban J connectivity index is 2.73. The molecule has 1 rings (SSSR count). The maximum absolute atomic E-state index is 11.5. The molecule has 1 nitrogen and oxygen atoms in total. The van der Waals surface area contributed by atoms with E-state index in [1.807, 2.05) is 13.0 Å². The van der Waals surface area contributed by atoms with Crippen molar-refractivity contribution in [3.8, 4) is 11.8 Å². The average molecular weight is 176 g/mol. The average Bonchev–Trinajstić information content (AvgIpc) is 2.10. The summed E-state index contributed by atoms with van der Waals surface area (Å²) in [7, 11) is 0. The zero-order valence-electron chi connectivity index (χ0n) is 8.39. The molecule has 1 aliphatic carbocycles. The van der Waals surface area contributed by atoms with Crippen molar-refractivity contribution in [2.75, 3.05) is 0 Å². The molecule has 0 saturated heterocycles. The van der Waals surface area contributed by atoms with Gasteiger partial charge < -0.3 is 0 Å². The minimum Gasteiger partial charge on any atom is -0.295 e. The Morgan fingerprint density at radius 2 is 2.38 bits per heavy atom. The summed E-state index contributed by atoms with van der Waals surface area (Å²) in [6.07, 6.45) is 5.55. The van der Waals surface area contributed by atoms with Gasteiger partial charge in [-0.3, -0.25) is 4.79 Å². The smallest absolute Gasteiger partial charge is 0.159 e. The van der Waals surface area contributed by atoms with Gasteiger partial charge in [-0.2, -0.15) is 0 Å². The predicted molar refractivity (Wildman–Crippen MR) is 54.2 cm³/mol. The van der Waals surface area contributed by atoms with Crippen molar-refractivity contribution in [2.45, 2.75) is 39.5 Å². The van der Waals surface area contributed by atoms with Gasteiger partial charge in [0.05, 0.1) is 0 Å². The van der Waals surface area contributed by atoms with Gasteiger partial charge in [-0.15, -0.1) is 0 Å². The van der Waals surface area contributed by atoms with Crippen LogP contribution in [0, 0.1) is 17.8 Å². The molecule has 0 aliphatic heterocycles. The van der Waals surface area contributed by atoms with E-state index in [1.165, 1.54) is 0 Å². The molecule has 0 amide bonds. The van der Waals surface area contributed by atoms with Crippen molar-refractivity contribution in [3.63, 3.8) is 0 Å². The predicted octanol–water partition coefficient (Wildman–Crippen LogP) is 2.72. The summed E-state index contributed by atoms with van der Waals surface area (Å²) >= 11 is 0. The lowest BCUT2D eigenvalue weighted by atomic mass is 9.84. The van der Waals surface area contributed by atoms with E-state index in [-0.39, 0.29) is 0 Å². The molecule has 0 spiro atoms. The fraction of sp³-hybridized carbons (Fsp3) is 0.583. The molecule has 13 heavy (non-hydrogen) atoms. The first-order chi connectivity index (χ1) is 6.25.